The largest absolute Gasteiger partial charge is 0.314 e. The van der Waals surface area contributed by atoms with Gasteiger partial charge in [-0.1, -0.05) is 39.7 Å². The zero-order valence-corrected chi connectivity index (χ0v) is 10.9. The number of allylic oxidation sites excluding steroid dienone is 1. The van der Waals surface area contributed by atoms with Gasteiger partial charge >= 0.3 is 0 Å². The molecule has 0 saturated heterocycles. The second kappa shape index (κ2) is 10.2. The Balaban J connectivity index is 3.66. The van der Waals surface area contributed by atoms with E-state index < -0.39 is 0 Å². The van der Waals surface area contributed by atoms with Crippen molar-refractivity contribution in [2.75, 3.05) is 6.54 Å². The Labute approximate surface area is 96.3 Å². The first kappa shape index (κ1) is 14.7. The lowest BCUT2D eigenvalue weighted by molar-refractivity contribution is 0.367. The van der Waals surface area contributed by atoms with Gasteiger partial charge in [0.05, 0.1) is 0 Å². The Kier molecular flexibility index (Phi) is 10.0. The van der Waals surface area contributed by atoms with E-state index in [2.05, 4.69) is 32.7 Å². The summed E-state index contributed by atoms with van der Waals surface area (Å²) in [5, 5.41) is 3.58. The predicted molar refractivity (Wildman–Crippen MR) is 70.2 cm³/mol. The number of rotatable bonds is 10. The van der Waals surface area contributed by atoms with Gasteiger partial charge in [-0.05, 0) is 38.1 Å². The van der Waals surface area contributed by atoms with E-state index in [0.717, 1.165) is 18.5 Å². The lowest BCUT2D eigenvalue weighted by Crippen LogP contribution is -2.30. The molecular weight excluding hydrogens is 182 g/mol. The Bertz CT molecular complexity index is 136. The molecule has 0 fully saturated rings. The van der Waals surface area contributed by atoms with E-state index in [1.54, 1.807) is 0 Å². The van der Waals surface area contributed by atoms with E-state index in [4.69, 9.17) is 0 Å². The summed E-state index contributed by atoms with van der Waals surface area (Å²) in [6.45, 7) is 11.7. The van der Waals surface area contributed by atoms with Gasteiger partial charge in [0.25, 0.3) is 0 Å². The normalized spacial score (nSPS) is 14.9. The van der Waals surface area contributed by atoms with Gasteiger partial charge in [0.15, 0.2) is 0 Å². The first-order chi connectivity index (χ1) is 7.24. The molecule has 1 heteroatoms. The Morgan fingerprint density at radius 2 is 2.00 bits per heavy atom. The lowest BCUT2D eigenvalue weighted by atomic mass is 9.94. The molecule has 0 spiro atoms. The second-order valence-electron chi connectivity index (χ2n) is 4.60. The number of hydrogen-bond donors (Lipinski definition) is 1. The summed E-state index contributed by atoms with van der Waals surface area (Å²) in [7, 11) is 0. The van der Waals surface area contributed by atoms with Crippen molar-refractivity contribution in [3.63, 3.8) is 0 Å². The zero-order chi connectivity index (χ0) is 11.5. The average molecular weight is 211 g/mol. The molecule has 15 heavy (non-hydrogen) atoms. The molecule has 0 amide bonds. The van der Waals surface area contributed by atoms with Gasteiger partial charge < -0.3 is 5.32 Å². The van der Waals surface area contributed by atoms with Crippen molar-refractivity contribution in [2.24, 2.45) is 5.92 Å². The molecule has 0 aromatic rings. The smallest absolute Gasteiger partial charge is 0.00693 e. The van der Waals surface area contributed by atoms with E-state index in [9.17, 15) is 0 Å². The van der Waals surface area contributed by atoms with Gasteiger partial charge in [-0.25, -0.2) is 0 Å². The Hall–Kier alpha value is -0.300. The summed E-state index contributed by atoms with van der Waals surface area (Å²) in [6, 6.07) is 0.735. The third-order valence-corrected chi connectivity index (χ3v) is 2.92. The molecule has 0 saturated carbocycles. The highest BCUT2D eigenvalue weighted by Gasteiger charge is 2.10. The number of nitrogens with one attached hydrogen (secondary N) is 1. The van der Waals surface area contributed by atoms with Crippen LogP contribution in [0.4, 0.5) is 0 Å². The van der Waals surface area contributed by atoms with Crippen molar-refractivity contribution in [3.05, 3.63) is 12.7 Å². The van der Waals surface area contributed by atoms with Gasteiger partial charge in [0.1, 0.15) is 0 Å². The van der Waals surface area contributed by atoms with Crippen molar-refractivity contribution in [2.45, 2.75) is 65.3 Å². The van der Waals surface area contributed by atoms with Crippen molar-refractivity contribution >= 4 is 0 Å². The Morgan fingerprint density at radius 3 is 2.53 bits per heavy atom. The minimum absolute atomic E-state index is 0.735. The molecule has 1 N–H and O–H groups in total. The average Bonchev–Trinajstić information content (AvgIpc) is 2.19. The van der Waals surface area contributed by atoms with Crippen LogP contribution in [-0.4, -0.2) is 12.6 Å². The van der Waals surface area contributed by atoms with E-state index >= 15 is 0 Å². The molecule has 0 aliphatic heterocycles. The monoisotopic (exact) mass is 211 g/mol. The zero-order valence-electron chi connectivity index (χ0n) is 10.9. The topological polar surface area (TPSA) is 12.0 Å². The molecule has 2 unspecified atom stereocenters. The lowest BCUT2D eigenvalue weighted by Gasteiger charge is -2.21. The molecule has 0 aliphatic rings. The van der Waals surface area contributed by atoms with Crippen LogP contribution in [0.25, 0.3) is 0 Å². The van der Waals surface area contributed by atoms with Crippen LogP contribution < -0.4 is 5.32 Å². The fraction of sp³-hybridized carbons (Fsp3) is 0.857. The molecule has 0 heterocycles. The van der Waals surface area contributed by atoms with Crippen molar-refractivity contribution in [3.8, 4) is 0 Å². The Morgan fingerprint density at radius 1 is 1.27 bits per heavy atom. The summed E-state index contributed by atoms with van der Waals surface area (Å²) in [5.41, 5.74) is 0. The van der Waals surface area contributed by atoms with Crippen molar-refractivity contribution < 1.29 is 0 Å². The van der Waals surface area contributed by atoms with Crippen LogP contribution in [0.5, 0.6) is 0 Å². The molecule has 0 radical (unpaired) electrons. The van der Waals surface area contributed by atoms with Gasteiger partial charge in [0.2, 0.25) is 0 Å². The molecule has 2 atom stereocenters. The van der Waals surface area contributed by atoms with E-state index in [1.165, 1.54) is 38.5 Å². The summed E-state index contributed by atoms with van der Waals surface area (Å²) >= 11 is 0. The van der Waals surface area contributed by atoms with Crippen LogP contribution in [0.2, 0.25) is 0 Å². The SMILES string of the molecule is C=CCCCC(C)CC(CCC)NCC. The first-order valence-electron chi connectivity index (χ1n) is 6.58. The van der Waals surface area contributed by atoms with E-state index in [1.807, 2.05) is 6.08 Å². The van der Waals surface area contributed by atoms with Crippen molar-refractivity contribution in [1.82, 2.24) is 5.32 Å². The van der Waals surface area contributed by atoms with Crippen LogP contribution in [0.3, 0.4) is 0 Å². The van der Waals surface area contributed by atoms with Gasteiger partial charge in [-0.15, -0.1) is 6.58 Å². The molecule has 0 rings (SSSR count). The van der Waals surface area contributed by atoms with Crippen LogP contribution in [-0.2, 0) is 0 Å². The molecule has 0 bridgehead atoms. The summed E-state index contributed by atoms with van der Waals surface area (Å²) in [6.07, 6.45) is 9.79. The maximum atomic E-state index is 3.76. The quantitative estimate of drug-likeness (QED) is 0.423. The maximum absolute atomic E-state index is 3.76. The molecule has 90 valence electrons. The van der Waals surface area contributed by atoms with Crippen LogP contribution in [0.1, 0.15) is 59.3 Å². The summed E-state index contributed by atoms with van der Waals surface area (Å²) in [5.74, 6) is 0.848. The molecule has 1 nitrogen and oxygen atoms in total. The standard InChI is InChI=1S/C14H29N/c1-5-8-9-11-13(4)12-14(10-6-2)15-7-3/h5,13-15H,1,6-12H2,2-4H3. The maximum Gasteiger partial charge on any atom is 0.00693 e. The minimum atomic E-state index is 0.735. The van der Waals surface area contributed by atoms with Gasteiger partial charge in [0, 0.05) is 6.04 Å². The highest BCUT2D eigenvalue weighted by atomic mass is 14.9. The van der Waals surface area contributed by atoms with E-state index in [0.29, 0.717) is 0 Å². The van der Waals surface area contributed by atoms with Crippen LogP contribution in [0, 0.1) is 5.92 Å². The summed E-state index contributed by atoms with van der Waals surface area (Å²) < 4.78 is 0. The second-order valence-corrected chi connectivity index (χ2v) is 4.60. The number of unbranched alkanes of at least 4 members (excludes halogenated alkanes) is 1. The van der Waals surface area contributed by atoms with Gasteiger partial charge in [-0.3, -0.25) is 0 Å². The van der Waals surface area contributed by atoms with Crippen LogP contribution >= 0.6 is 0 Å². The third-order valence-electron chi connectivity index (χ3n) is 2.92. The number of hydrogen-bond acceptors (Lipinski definition) is 1. The molecule has 0 aliphatic carbocycles. The van der Waals surface area contributed by atoms with E-state index in [-0.39, 0.29) is 0 Å². The van der Waals surface area contributed by atoms with Crippen LogP contribution in [0.15, 0.2) is 12.7 Å². The highest BCUT2D eigenvalue weighted by molar-refractivity contribution is 4.71. The predicted octanol–water partition coefficient (Wildman–Crippen LogP) is 4.15. The highest BCUT2D eigenvalue weighted by Crippen LogP contribution is 2.16. The third kappa shape index (κ3) is 8.68. The molecule has 0 aromatic carbocycles. The molecule has 0 aromatic heterocycles. The first-order valence-corrected chi connectivity index (χ1v) is 6.58. The fourth-order valence-electron chi connectivity index (χ4n) is 2.15. The molecular formula is C14H29N. The minimum Gasteiger partial charge on any atom is -0.314 e. The fourth-order valence-corrected chi connectivity index (χ4v) is 2.15. The van der Waals surface area contributed by atoms with Crippen molar-refractivity contribution in [1.29, 1.82) is 0 Å². The van der Waals surface area contributed by atoms with Gasteiger partial charge in [-0.2, -0.15) is 0 Å². The summed E-state index contributed by atoms with van der Waals surface area (Å²) in [4.78, 5) is 0.